The molecule has 0 aromatic heterocycles. The molecule has 2 aliphatic heterocycles. The molecule has 1 saturated heterocycles. The number of ether oxygens (including phenoxy) is 1. The van der Waals surface area contributed by atoms with E-state index in [4.69, 9.17) is 25.4 Å². The molecule has 0 saturated carbocycles. The average molecular weight is 310 g/mol. The highest BCUT2D eigenvalue weighted by molar-refractivity contribution is 7.46. The molecule has 20 heavy (non-hydrogen) atoms. The Kier molecular flexibility index (Phi) is 4.13. The van der Waals surface area contributed by atoms with E-state index in [0.29, 0.717) is 0 Å². The van der Waals surface area contributed by atoms with Crippen molar-refractivity contribution in [2.24, 2.45) is 10.7 Å². The fourth-order valence-corrected chi connectivity index (χ4v) is 2.68. The predicted octanol–water partition coefficient (Wildman–Crippen LogP) is -2.80. The molecule has 1 fully saturated rings. The Bertz CT molecular complexity index is 488. The first-order chi connectivity index (χ1) is 9.21. The van der Waals surface area contributed by atoms with E-state index in [2.05, 4.69) is 9.52 Å². The second-order valence-electron chi connectivity index (χ2n) is 4.43. The van der Waals surface area contributed by atoms with Crippen LogP contribution in [0.4, 0.5) is 0 Å². The van der Waals surface area contributed by atoms with Crippen LogP contribution in [-0.2, 0) is 13.8 Å². The molecule has 0 aromatic rings. The van der Waals surface area contributed by atoms with Gasteiger partial charge in [0.05, 0.1) is 12.6 Å². The van der Waals surface area contributed by atoms with Gasteiger partial charge in [-0.3, -0.25) is 4.99 Å². The van der Waals surface area contributed by atoms with E-state index < -0.39 is 44.6 Å². The smallest absolute Gasteiger partial charge is 0.394 e. The molecule has 2 rings (SSSR count). The van der Waals surface area contributed by atoms with Crippen molar-refractivity contribution in [2.75, 3.05) is 6.61 Å². The summed E-state index contributed by atoms with van der Waals surface area (Å²) in [4.78, 5) is 21.7. The zero-order valence-electron chi connectivity index (χ0n) is 10.1. The molecule has 2 heterocycles. The van der Waals surface area contributed by atoms with Crippen molar-refractivity contribution in [1.82, 2.24) is 0 Å². The predicted molar refractivity (Wildman–Crippen MR) is 64.4 cm³/mol. The Morgan fingerprint density at radius 1 is 1.45 bits per heavy atom. The van der Waals surface area contributed by atoms with Crippen molar-refractivity contribution < 1.29 is 38.9 Å². The van der Waals surface area contributed by atoms with Crippen LogP contribution in [0.25, 0.3) is 0 Å². The lowest BCUT2D eigenvalue weighted by Gasteiger charge is -2.48. The van der Waals surface area contributed by atoms with E-state index in [1.165, 1.54) is 12.3 Å². The van der Waals surface area contributed by atoms with Crippen molar-refractivity contribution in [3.8, 4) is 0 Å². The van der Waals surface area contributed by atoms with E-state index in [0.717, 1.165) is 0 Å². The number of rotatable bonds is 4. The molecule has 0 aliphatic carbocycles. The number of hydrogen-bond acceptors (Lipinski definition) is 8. The number of aliphatic imine (C=N–C) groups is 1. The van der Waals surface area contributed by atoms with Crippen molar-refractivity contribution >= 4 is 13.5 Å². The third-order valence-corrected chi connectivity index (χ3v) is 3.61. The van der Waals surface area contributed by atoms with Gasteiger partial charge in [-0.1, -0.05) is 0 Å². The second kappa shape index (κ2) is 5.26. The molecule has 0 radical (unpaired) electrons. The van der Waals surface area contributed by atoms with Crippen molar-refractivity contribution in [1.29, 1.82) is 0 Å². The molecule has 7 N–H and O–H groups in total. The number of phosphoric acid groups is 1. The van der Waals surface area contributed by atoms with Gasteiger partial charge in [-0.15, -0.1) is 0 Å². The Morgan fingerprint density at radius 3 is 2.45 bits per heavy atom. The van der Waals surface area contributed by atoms with Crippen molar-refractivity contribution in [3.05, 3.63) is 12.3 Å². The fraction of sp³-hybridized carbons (Fsp3) is 0.667. The summed E-state index contributed by atoms with van der Waals surface area (Å²) >= 11 is 0. The molecule has 0 aromatic carbocycles. The summed E-state index contributed by atoms with van der Waals surface area (Å²) in [6.45, 7) is -0.714. The van der Waals surface area contributed by atoms with Gasteiger partial charge in [0.15, 0.2) is 0 Å². The molecule has 114 valence electrons. The van der Waals surface area contributed by atoms with E-state index in [-0.39, 0.29) is 5.71 Å². The maximum Gasteiger partial charge on any atom is 0.472 e. The zero-order chi connectivity index (χ0) is 15.1. The van der Waals surface area contributed by atoms with Crippen molar-refractivity contribution in [3.63, 3.8) is 0 Å². The standard InChI is InChI=1S/C9H15N2O8P/c10-8-7(14)6(13)4(3-12)18-9(8,5-1-2-11-5)19-20(15,16)17/h1-2,4,6-8,12-14H,3,10H2,(H2,15,16,17)/t4-,6-,7+,8-,9?/m1/s1. The Hall–Kier alpha value is -0.680. The second-order valence-corrected chi connectivity index (χ2v) is 5.59. The molecular weight excluding hydrogens is 295 g/mol. The van der Waals surface area contributed by atoms with E-state index in [1.807, 2.05) is 0 Å². The highest BCUT2D eigenvalue weighted by atomic mass is 31.2. The number of aliphatic hydroxyl groups excluding tert-OH is 3. The monoisotopic (exact) mass is 310 g/mol. The number of phosphoric ester groups is 1. The third-order valence-electron chi connectivity index (χ3n) is 3.10. The molecule has 5 atom stereocenters. The van der Waals surface area contributed by atoms with Crippen LogP contribution in [0.3, 0.4) is 0 Å². The van der Waals surface area contributed by atoms with E-state index >= 15 is 0 Å². The lowest BCUT2D eigenvalue weighted by atomic mass is 9.87. The van der Waals surface area contributed by atoms with Gasteiger partial charge in [-0.05, 0) is 6.08 Å². The first kappa shape index (κ1) is 15.7. The minimum absolute atomic E-state index is 0.0577. The van der Waals surface area contributed by atoms with Crippen LogP contribution in [0.2, 0.25) is 0 Å². The summed E-state index contributed by atoms with van der Waals surface area (Å²) in [5.74, 6) is -2.25. The zero-order valence-corrected chi connectivity index (χ0v) is 11.0. The number of aliphatic hydroxyl groups is 3. The molecule has 1 unspecified atom stereocenters. The minimum Gasteiger partial charge on any atom is -0.394 e. The molecule has 0 spiro atoms. The Balaban J connectivity index is 2.41. The number of hydrogen-bond donors (Lipinski definition) is 6. The summed E-state index contributed by atoms with van der Waals surface area (Å²) in [5.41, 5.74) is 5.63. The number of nitrogens with zero attached hydrogens (tertiary/aromatic N) is 1. The lowest BCUT2D eigenvalue weighted by molar-refractivity contribution is -0.272. The van der Waals surface area contributed by atoms with E-state index in [9.17, 15) is 14.8 Å². The Morgan fingerprint density at radius 2 is 2.05 bits per heavy atom. The third kappa shape index (κ3) is 2.58. The summed E-state index contributed by atoms with van der Waals surface area (Å²) in [7, 11) is -5.05. The summed E-state index contributed by atoms with van der Waals surface area (Å²) in [6.07, 6.45) is -1.87. The van der Waals surface area contributed by atoms with Gasteiger partial charge in [-0.2, -0.15) is 0 Å². The maximum absolute atomic E-state index is 11.1. The highest BCUT2D eigenvalue weighted by Crippen LogP contribution is 2.47. The average Bonchev–Trinajstić information content (AvgIpc) is 2.27. The van der Waals surface area contributed by atoms with Crippen LogP contribution in [0.5, 0.6) is 0 Å². The van der Waals surface area contributed by atoms with Crippen LogP contribution in [0.1, 0.15) is 0 Å². The molecule has 11 heteroatoms. The fourth-order valence-electron chi connectivity index (χ4n) is 2.07. The molecule has 0 amide bonds. The minimum atomic E-state index is -5.05. The van der Waals surface area contributed by atoms with Gasteiger partial charge < -0.3 is 35.6 Å². The quantitative estimate of drug-likeness (QED) is 0.299. The molecule has 2 aliphatic rings. The summed E-state index contributed by atoms with van der Waals surface area (Å²) in [6, 6.07) is -1.52. The topological polar surface area (TPSA) is 175 Å². The summed E-state index contributed by atoms with van der Waals surface area (Å²) in [5, 5.41) is 28.7. The van der Waals surface area contributed by atoms with Crippen molar-refractivity contribution in [2.45, 2.75) is 30.1 Å². The van der Waals surface area contributed by atoms with Gasteiger partial charge in [-0.25, -0.2) is 9.09 Å². The van der Waals surface area contributed by atoms with Crippen LogP contribution < -0.4 is 5.73 Å². The normalized spacial score (nSPS) is 41.2. The molecular formula is C9H15N2O8P. The van der Waals surface area contributed by atoms with Gasteiger partial charge >= 0.3 is 7.82 Å². The van der Waals surface area contributed by atoms with Crippen LogP contribution in [0.15, 0.2) is 17.3 Å². The first-order valence-corrected chi connectivity index (χ1v) is 7.16. The van der Waals surface area contributed by atoms with E-state index in [1.54, 1.807) is 0 Å². The number of nitrogens with two attached hydrogens (primary N) is 1. The van der Waals surface area contributed by atoms with Gasteiger partial charge in [0.1, 0.15) is 24.0 Å². The lowest BCUT2D eigenvalue weighted by Crippen LogP contribution is -2.71. The van der Waals surface area contributed by atoms with Crippen LogP contribution in [-0.4, -0.2) is 67.6 Å². The largest absolute Gasteiger partial charge is 0.472 e. The van der Waals surface area contributed by atoms with Gasteiger partial charge in [0.25, 0.3) is 0 Å². The van der Waals surface area contributed by atoms with Gasteiger partial charge in [0.2, 0.25) is 5.79 Å². The maximum atomic E-state index is 11.1. The summed E-state index contributed by atoms with van der Waals surface area (Å²) < 4.78 is 20.9. The van der Waals surface area contributed by atoms with Crippen LogP contribution >= 0.6 is 7.82 Å². The SMILES string of the molecule is N[C@@H]1[C@@H](O)[C@H](O)[C@@H](CO)OC1(OP(=O)(O)O)C1=NC=C1. The van der Waals surface area contributed by atoms with Gasteiger partial charge in [0, 0.05) is 6.20 Å². The molecule has 0 bridgehead atoms. The molecule has 10 nitrogen and oxygen atoms in total. The first-order valence-electron chi connectivity index (χ1n) is 5.63. The highest BCUT2D eigenvalue weighted by Gasteiger charge is 2.59. The van der Waals surface area contributed by atoms with Crippen LogP contribution in [0, 0.1) is 0 Å². The Labute approximate surface area is 113 Å².